The summed E-state index contributed by atoms with van der Waals surface area (Å²) in [6.45, 7) is 1.60. The Bertz CT molecular complexity index is 384. The summed E-state index contributed by atoms with van der Waals surface area (Å²) in [4.78, 5) is 2.22. The van der Waals surface area contributed by atoms with Crippen LogP contribution in [0.1, 0.15) is 24.8 Å². The van der Waals surface area contributed by atoms with E-state index in [4.69, 9.17) is 17.3 Å². The molecule has 94 valence electrons. The van der Waals surface area contributed by atoms with Crippen LogP contribution in [0.2, 0.25) is 5.02 Å². The first-order valence-electron chi connectivity index (χ1n) is 6.13. The number of piperidine rings is 1. The van der Waals surface area contributed by atoms with E-state index in [1.807, 2.05) is 18.2 Å². The smallest absolute Gasteiger partial charge is 0.0643 e. The lowest BCUT2D eigenvalue weighted by molar-refractivity contribution is 0.240. The number of nitrogens with zero attached hydrogens (tertiary/aromatic N) is 1. The minimum absolute atomic E-state index is 0.175. The zero-order chi connectivity index (χ0) is 12.3. The Morgan fingerprint density at radius 2 is 2.24 bits per heavy atom. The number of hydrogen-bond donors (Lipinski definition) is 2. The van der Waals surface area contributed by atoms with Crippen LogP contribution in [0.4, 0.5) is 5.69 Å². The van der Waals surface area contributed by atoms with Gasteiger partial charge in [0.05, 0.1) is 23.4 Å². The number of para-hydroxylation sites is 1. The summed E-state index contributed by atoms with van der Waals surface area (Å²) < 4.78 is 0. The van der Waals surface area contributed by atoms with E-state index in [1.165, 1.54) is 6.42 Å². The first-order chi connectivity index (χ1) is 8.27. The van der Waals surface area contributed by atoms with Crippen LogP contribution in [-0.4, -0.2) is 24.3 Å². The summed E-state index contributed by atoms with van der Waals surface area (Å²) in [7, 11) is 0. The fourth-order valence-corrected chi connectivity index (χ4v) is 2.83. The van der Waals surface area contributed by atoms with Crippen LogP contribution >= 0.6 is 11.6 Å². The largest absolute Gasteiger partial charge is 0.394 e. The second-order valence-corrected chi connectivity index (χ2v) is 4.88. The predicted molar refractivity (Wildman–Crippen MR) is 71.4 cm³/mol. The van der Waals surface area contributed by atoms with Gasteiger partial charge in [0.2, 0.25) is 0 Å². The van der Waals surface area contributed by atoms with Crippen LogP contribution in [-0.2, 0) is 6.54 Å². The molecule has 1 atom stereocenters. The average Bonchev–Trinajstić information content (AvgIpc) is 2.38. The summed E-state index contributed by atoms with van der Waals surface area (Å²) in [6.07, 6.45) is 3.33. The van der Waals surface area contributed by atoms with Crippen molar-refractivity contribution in [2.75, 3.05) is 18.1 Å². The number of aliphatic hydroxyl groups excluding tert-OH is 1. The van der Waals surface area contributed by atoms with Gasteiger partial charge in [0.1, 0.15) is 0 Å². The number of hydrogen-bond acceptors (Lipinski definition) is 3. The van der Waals surface area contributed by atoms with E-state index in [-0.39, 0.29) is 12.6 Å². The van der Waals surface area contributed by atoms with E-state index in [0.717, 1.165) is 35.7 Å². The minimum atomic E-state index is 0.175. The van der Waals surface area contributed by atoms with Crippen LogP contribution in [0.25, 0.3) is 0 Å². The van der Waals surface area contributed by atoms with Crippen molar-refractivity contribution in [3.63, 3.8) is 0 Å². The SMILES string of the molecule is NCc1cccc(Cl)c1N1CCCCC1CO. The van der Waals surface area contributed by atoms with Crippen LogP contribution in [0.15, 0.2) is 18.2 Å². The summed E-state index contributed by atoms with van der Waals surface area (Å²) in [5.74, 6) is 0. The zero-order valence-corrected chi connectivity index (χ0v) is 10.7. The number of rotatable bonds is 3. The molecule has 1 aliphatic heterocycles. The third-order valence-electron chi connectivity index (χ3n) is 3.42. The van der Waals surface area contributed by atoms with Crippen molar-refractivity contribution in [1.29, 1.82) is 0 Å². The molecule has 1 aromatic rings. The molecule has 1 saturated heterocycles. The molecule has 0 aromatic heterocycles. The Labute approximate surface area is 107 Å². The van der Waals surface area contributed by atoms with Gasteiger partial charge in [0.25, 0.3) is 0 Å². The quantitative estimate of drug-likeness (QED) is 0.869. The average molecular weight is 255 g/mol. The molecule has 0 spiro atoms. The molecule has 1 aliphatic rings. The van der Waals surface area contributed by atoms with Gasteiger partial charge in [-0.25, -0.2) is 0 Å². The molecule has 3 nitrogen and oxygen atoms in total. The van der Waals surface area contributed by atoms with Gasteiger partial charge in [-0.3, -0.25) is 0 Å². The molecule has 17 heavy (non-hydrogen) atoms. The number of halogens is 1. The van der Waals surface area contributed by atoms with Crippen molar-refractivity contribution in [2.45, 2.75) is 31.8 Å². The molecule has 1 unspecified atom stereocenters. The second-order valence-electron chi connectivity index (χ2n) is 4.48. The lowest BCUT2D eigenvalue weighted by Crippen LogP contribution is -2.42. The molecule has 1 heterocycles. The molecule has 0 aliphatic carbocycles. The molecule has 0 bridgehead atoms. The highest BCUT2D eigenvalue weighted by atomic mass is 35.5. The van der Waals surface area contributed by atoms with E-state index >= 15 is 0 Å². The van der Waals surface area contributed by atoms with Gasteiger partial charge in [-0.15, -0.1) is 0 Å². The molecule has 1 fully saturated rings. The molecule has 2 rings (SSSR count). The Morgan fingerprint density at radius 3 is 2.94 bits per heavy atom. The zero-order valence-electron chi connectivity index (χ0n) is 9.90. The third kappa shape index (κ3) is 2.57. The predicted octanol–water partition coefficient (Wildman–Crippen LogP) is 2.15. The third-order valence-corrected chi connectivity index (χ3v) is 3.72. The molecule has 0 radical (unpaired) electrons. The molecule has 4 heteroatoms. The van der Waals surface area contributed by atoms with E-state index < -0.39 is 0 Å². The van der Waals surface area contributed by atoms with Crippen LogP contribution in [0, 0.1) is 0 Å². The van der Waals surface area contributed by atoms with Gasteiger partial charge in [-0.1, -0.05) is 23.7 Å². The highest BCUT2D eigenvalue weighted by Crippen LogP contribution is 2.34. The monoisotopic (exact) mass is 254 g/mol. The fraction of sp³-hybridized carbons (Fsp3) is 0.538. The number of nitrogens with two attached hydrogens (primary N) is 1. The summed E-state index contributed by atoms with van der Waals surface area (Å²) >= 11 is 6.28. The maximum absolute atomic E-state index is 9.46. The van der Waals surface area contributed by atoms with Crippen molar-refractivity contribution in [3.05, 3.63) is 28.8 Å². The van der Waals surface area contributed by atoms with Crippen molar-refractivity contribution >= 4 is 17.3 Å². The van der Waals surface area contributed by atoms with Crippen molar-refractivity contribution in [3.8, 4) is 0 Å². The highest BCUT2D eigenvalue weighted by Gasteiger charge is 2.25. The van der Waals surface area contributed by atoms with Gasteiger partial charge in [-0.2, -0.15) is 0 Å². The highest BCUT2D eigenvalue weighted by molar-refractivity contribution is 6.33. The van der Waals surface area contributed by atoms with Gasteiger partial charge < -0.3 is 15.7 Å². The Morgan fingerprint density at radius 1 is 1.41 bits per heavy atom. The molecule has 0 amide bonds. The van der Waals surface area contributed by atoms with E-state index in [2.05, 4.69) is 4.90 Å². The van der Waals surface area contributed by atoms with Crippen molar-refractivity contribution in [1.82, 2.24) is 0 Å². The van der Waals surface area contributed by atoms with Gasteiger partial charge in [-0.05, 0) is 30.9 Å². The first kappa shape index (κ1) is 12.7. The second kappa shape index (κ2) is 5.71. The van der Waals surface area contributed by atoms with Gasteiger partial charge in [0.15, 0.2) is 0 Å². The summed E-state index contributed by atoms with van der Waals surface area (Å²) in [5, 5.41) is 10.2. The van der Waals surface area contributed by atoms with Crippen LogP contribution in [0.5, 0.6) is 0 Å². The molecular formula is C13H19ClN2O. The van der Waals surface area contributed by atoms with Crippen molar-refractivity contribution < 1.29 is 5.11 Å². The summed E-state index contributed by atoms with van der Waals surface area (Å²) in [6, 6.07) is 5.99. The van der Waals surface area contributed by atoms with Crippen molar-refractivity contribution in [2.24, 2.45) is 5.73 Å². The van der Waals surface area contributed by atoms with Gasteiger partial charge in [0, 0.05) is 13.1 Å². The number of anilines is 1. The maximum Gasteiger partial charge on any atom is 0.0643 e. The van der Waals surface area contributed by atoms with E-state index in [1.54, 1.807) is 0 Å². The van der Waals surface area contributed by atoms with E-state index in [0.29, 0.717) is 6.54 Å². The molecule has 1 aromatic carbocycles. The summed E-state index contributed by atoms with van der Waals surface area (Å²) in [5.41, 5.74) is 7.83. The standard InChI is InChI=1S/C13H19ClN2O/c14-12-6-3-4-10(8-15)13(12)16-7-2-1-5-11(16)9-17/h3-4,6,11,17H,1-2,5,7-9,15H2. The Kier molecular flexibility index (Phi) is 4.26. The minimum Gasteiger partial charge on any atom is -0.394 e. The molecule has 0 saturated carbocycles. The van der Waals surface area contributed by atoms with Crippen LogP contribution < -0.4 is 10.6 Å². The Hall–Kier alpha value is -0.770. The maximum atomic E-state index is 9.46. The number of benzene rings is 1. The lowest BCUT2D eigenvalue weighted by Gasteiger charge is -2.38. The van der Waals surface area contributed by atoms with Crippen LogP contribution in [0.3, 0.4) is 0 Å². The topological polar surface area (TPSA) is 49.5 Å². The fourth-order valence-electron chi connectivity index (χ4n) is 2.53. The Balaban J connectivity index is 2.36. The number of aliphatic hydroxyl groups is 1. The van der Waals surface area contributed by atoms with E-state index in [9.17, 15) is 5.11 Å². The van der Waals surface area contributed by atoms with Gasteiger partial charge >= 0.3 is 0 Å². The molecular weight excluding hydrogens is 236 g/mol. The first-order valence-corrected chi connectivity index (χ1v) is 6.50. The normalized spacial score (nSPS) is 20.6. The lowest BCUT2D eigenvalue weighted by atomic mass is 10.00. The molecule has 3 N–H and O–H groups in total.